The lowest BCUT2D eigenvalue weighted by Crippen LogP contribution is -2.19. The number of aromatic nitrogens is 1. The number of thiazole rings is 1. The Hall–Kier alpha value is -1.92. The molecule has 3 rings (SSSR count). The molecule has 1 amide bonds. The van der Waals surface area contributed by atoms with E-state index in [9.17, 15) is 4.79 Å². The molecule has 0 spiro atoms. The number of hydrogen-bond donors (Lipinski definition) is 0. The van der Waals surface area contributed by atoms with Crippen LogP contribution in [-0.4, -0.2) is 24.2 Å². The first-order valence-electron chi connectivity index (χ1n) is 7.88. The lowest BCUT2D eigenvalue weighted by atomic mass is 10.2. The fourth-order valence-electron chi connectivity index (χ4n) is 2.44. The molecule has 1 aromatic heterocycles. The van der Waals surface area contributed by atoms with Crippen LogP contribution in [0, 0.1) is 0 Å². The summed E-state index contributed by atoms with van der Waals surface area (Å²) in [5.41, 5.74) is 1.70. The Bertz CT molecular complexity index is 1020. The van der Waals surface area contributed by atoms with E-state index in [1.54, 1.807) is 19.3 Å². The molecule has 4 nitrogen and oxygen atoms in total. The summed E-state index contributed by atoms with van der Waals surface area (Å²) in [6, 6.07) is 13.2. The average molecular weight is 407 g/mol. The van der Waals surface area contributed by atoms with E-state index in [1.807, 2.05) is 41.0 Å². The third-order valence-corrected chi connectivity index (χ3v) is 5.51. The molecule has 0 fully saturated rings. The van der Waals surface area contributed by atoms with Crippen molar-refractivity contribution in [3.63, 3.8) is 0 Å². The minimum absolute atomic E-state index is 0.339. The third-order valence-electron chi connectivity index (χ3n) is 3.68. The predicted octanol–water partition coefficient (Wildman–Crippen LogP) is 4.80. The molecule has 0 aliphatic heterocycles. The summed E-state index contributed by atoms with van der Waals surface area (Å²) in [6.07, 6.45) is 3.19. The summed E-state index contributed by atoms with van der Waals surface area (Å²) in [5.74, 6) is -0.339. The Morgan fingerprint density at radius 1 is 1.23 bits per heavy atom. The zero-order chi connectivity index (χ0) is 18.5. The quantitative estimate of drug-likeness (QED) is 0.571. The van der Waals surface area contributed by atoms with Crippen LogP contribution in [-0.2, 0) is 16.1 Å². The highest BCUT2D eigenvalue weighted by atomic mass is 35.5. The van der Waals surface area contributed by atoms with Gasteiger partial charge in [0, 0.05) is 19.7 Å². The molecule has 7 heteroatoms. The van der Waals surface area contributed by atoms with Crippen LogP contribution in [0.2, 0.25) is 10.0 Å². The van der Waals surface area contributed by atoms with E-state index in [1.165, 1.54) is 17.4 Å². The maximum atomic E-state index is 12.3. The van der Waals surface area contributed by atoms with Gasteiger partial charge >= 0.3 is 0 Å². The van der Waals surface area contributed by atoms with Gasteiger partial charge in [0.1, 0.15) is 0 Å². The number of methoxy groups -OCH3 is 1. The summed E-state index contributed by atoms with van der Waals surface area (Å²) >= 11 is 13.9. The average Bonchev–Trinajstić information content (AvgIpc) is 3.00. The predicted molar refractivity (Wildman–Crippen MR) is 108 cm³/mol. The molecule has 26 heavy (non-hydrogen) atoms. The van der Waals surface area contributed by atoms with Gasteiger partial charge in [0.2, 0.25) is 0 Å². The molecule has 0 saturated heterocycles. The minimum Gasteiger partial charge on any atom is -0.383 e. The molecule has 0 atom stereocenters. The molecule has 0 bridgehead atoms. The number of amides is 1. The maximum absolute atomic E-state index is 12.3. The standard InChI is InChI=1S/C19H16Cl2N2O2S/c1-25-12-11-23-18-15(9-8-14(20)17(18)21)26-19(23)22-16(24)10-7-13-5-3-2-4-6-13/h2-10H,11-12H2,1H3/b10-7+,22-19?. The van der Waals surface area contributed by atoms with Crippen LogP contribution in [0.5, 0.6) is 0 Å². The van der Waals surface area contributed by atoms with Crippen molar-refractivity contribution in [2.24, 2.45) is 4.99 Å². The Balaban J connectivity index is 2.02. The number of benzene rings is 2. The zero-order valence-corrected chi connectivity index (χ0v) is 16.3. The number of halogens is 2. The summed E-state index contributed by atoms with van der Waals surface area (Å²) in [6.45, 7) is 0.987. The number of rotatable bonds is 5. The highest BCUT2D eigenvalue weighted by Gasteiger charge is 2.13. The van der Waals surface area contributed by atoms with E-state index in [0.717, 1.165) is 15.8 Å². The van der Waals surface area contributed by atoms with Gasteiger partial charge in [-0.2, -0.15) is 4.99 Å². The molecule has 2 aromatic carbocycles. The summed E-state index contributed by atoms with van der Waals surface area (Å²) < 4.78 is 7.94. The minimum atomic E-state index is -0.339. The number of ether oxygens (including phenoxy) is 1. The van der Waals surface area contributed by atoms with Crippen molar-refractivity contribution in [1.82, 2.24) is 4.57 Å². The lowest BCUT2D eigenvalue weighted by Gasteiger charge is -2.06. The molecule has 134 valence electrons. The SMILES string of the molecule is COCCn1c(=NC(=O)/C=C/c2ccccc2)sc2ccc(Cl)c(Cl)c21. The van der Waals surface area contributed by atoms with Crippen LogP contribution in [0.4, 0.5) is 0 Å². The van der Waals surface area contributed by atoms with Crippen molar-refractivity contribution >= 4 is 56.7 Å². The molecule has 0 N–H and O–H groups in total. The molecule has 0 aliphatic rings. The molecular weight excluding hydrogens is 391 g/mol. The number of nitrogens with zero attached hydrogens (tertiary/aromatic N) is 2. The molecule has 1 heterocycles. The first kappa shape index (κ1) is 18.9. The summed E-state index contributed by atoms with van der Waals surface area (Å²) in [5, 5.41) is 0.912. The van der Waals surface area contributed by atoms with Gasteiger partial charge in [-0.1, -0.05) is 64.9 Å². The topological polar surface area (TPSA) is 43.6 Å². The van der Waals surface area contributed by atoms with Crippen LogP contribution in [0.15, 0.2) is 53.5 Å². The lowest BCUT2D eigenvalue weighted by molar-refractivity contribution is -0.113. The zero-order valence-electron chi connectivity index (χ0n) is 14.0. The van der Waals surface area contributed by atoms with Crippen LogP contribution < -0.4 is 4.80 Å². The van der Waals surface area contributed by atoms with Crippen molar-refractivity contribution in [2.75, 3.05) is 13.7 Å². The molecule has 0 aliphatic carbocycles. The van der Waals surface area contributed by atoms with Gasteiger partial charge in [0.15, 0.2) is 4.80 Å². The van der Waals surface area contributed by atoms with Crippen LogP contribution in [0.3, 0.4) is 0 Å². The van der Waals surface area contributed by atoms with Gasteiger partial charge in [-0.25, -0.2) is 0 Å². The second-order valence-corrected chi connectivity index (χ2v) is 7.23. The van der Waals surface area contributed by atoms with E-state index in [2.05, 4.69) is 4.99 Å². The number of carbonyl (C=O) groups is 1. The Labute approximate surface area is 165 Å². The maximum Gasteiger partial charge on any atom is 0.272 e. The van der Waals surface area contributed by atoms with Crippen LogP contribution in [0.1, 0.15) is 5.56 Å². The largest absolute Gasteiger partial charge is 0.383 e. The highest BCUT2D eigenvalue weighted by molar-refractivity contribution is 7.16. The summed E-state index contributed by atoms with van der Waals surface area (Å²) in [7, 11) is 1.62. The Kier molecular flexibility index (Phi) is 6.27. The third kappa shape index (κ3) is 4.24. The highest BCUT2D eigenvalue weighted by Crippen LogP contribution is 2.32. The van der Waals surface area contributed by atoms with Crippen LogP contribution in [0.25, 0.3) is 16.3 Å². The van der Waals surface area contributed by atoms with Crippen molar-refractivity contribution in [1.29, 1.82) is 0 Å². The van der Waals surface area contributed by atoms with Gasteiger partial charge in [-0.15, -0.1) is 0 Å². The molecule has 0 radical (unpaired) electrons. The number of fused-ring (bicyclic) bond motifs is 1. The number of carbonyl (C=O) groups excluding carboxylic acids is 1. The fourth-order valence-corrected chi connectivity index (χ4v) is 3.99. The molecule has 0 saturated carbocycles. The van der Waals surface area contributed by atoms with Crippen molar-refractivity contribution in [2.45, 2.75) is 6.54 Å². The first-order chi connectivity index (χ1) is 12.6. The normalized spacial score (nSPS) is 12.3. The van der Waals surface area contributed by atoms with Crippen LogP contribution >= 0.6 is 34.5 Å². The number of hydrogen-bond acceptors (Lipinski definition) is 3. The van der Waals surface area contributed by atoms with E-state index >= 15 is 0 Å². The van der Waals surface area contributed by atoms with Crippen molar-refractivity contribution < 1.29 is 9.53 Å². The fraction of sp³-hybridized carbons (Fsp3) is 0.158. The second kappa shape index (κ2) is 8.64. The smallest absolute Gasteiger partial charge is 0.272 e. The summed E-state index contributed by atoms with van der Waals surface area (Å²) in [4.78, 5) is 17.1. The van der Waals surface area contributed by atoms with Gasteiger partial charge < -0.3 is 9.30 Å². The molecule has 0 unspecified atom stereocenters. The van der Waals surface area contributed by atoms with Gasteiger partial charge in [-0.3, -0.25) is 4.79 Å². The van der Waals surface area contributed by atoms with Crippen molar-refractivity contribution in [3.8, 4) is 0 Å². The molecule has 3 aromatic rings. The monoisotopic (exact) mass is 406 g/mol. The van der Waals surface area contributed by atoms with E-state index in [4.69, 9.17) is 27.9 Å². The van der Waals surface area contributed by atoms with Gasteiger partial charge in [0.05, 0.1) is 26.9 Å². The van der Waals surface area contributed by atoms with E-state index in [0.29, 0.717) is 28.0 Å². The van der Waals surface area contributed by atoms with Gasteiger partial charge in [-0.05, 0) is 23.8 Å². The molecular formula is C19H16Cl2N2O2S. The van der Waals surface area contributed by atoms with E-state index < -0.39 is 0 Å². The van der Waals surface area contributed by atoms with Crippen molar-refractivity contribution in [3.05, 3.63) is 69.0 Å². The first-order valence-corrected chi connectivity index (χ1v) is 9.45. The van der Waals surface area contributed by atoms with E-state index in [-0.39, 0.29) is 5.91 Å². The Morgan fingerprint density at radius 2 is 2.00 bits per heavy atom. The van der Waals surface area contributed by atoms with Gasteiger partial charge in [0.25, 0.3) is 5.91 Å². The second-order valence-electron chi connectivity index (χ2n) is 5.43. The Morgan fingerprint density at radius 3 is 2.73 bits per heavy atom.